The first kappa shape index (κ1) is 17.9. The molecule has 128 valence electrons. The quantitative estimate of drug-likeness (QED) is 0.785. The molecule has 2 aromatic rings. The Morgan fingerprint density at radius 1 is 1.17 bits per heavy atom. The molecule has 1 aromatic heterocycles. The van der Waals surface area contributed by atoms with Crippen molar-refractivity contribution in [2.45, 2.75) is 13.3 Å². The van der Waals surface area contributed by atoms with E-state index in [1.165, 1.54) is 11.8 Å². The number of para-hydroxylation sites is 1. The first-order valence-corrected chi connectivity index (χ1v) is 8.02. The van der Waals surface area contributed by atoms with Crippen LogP contribution in [-0.4, -0.2) is 55.4 Å². The van der Waals surface area contributed by atoms with Gasteiger partial charge in [0.05, 0.1) is 11.2 Å². The van der Waals surface area contributed by atoms with Crippen molar-refractivity contribution in [3.8, 4) is 0 Å². The number of anilines is 1. The minimum absolute atomic E-state index is 0.00696. The Morgan fingerprint density at radius 3 is 2.62 bits per heavy atom. The van der Waals surface area contributed by atoms with Crippen LogP contribution in [0.1, 0.15) is 13.3 Å². The molecule has 0 radical (unpaired) electrons. The summed E-state index contributed by atoms with van der Waals surface area (Å²) in [4.78, 5) is 32.1. The van der Waals surface area contributed by atoms with Crippen molar-refractivity contribution >= 4 is 28.4 Å². The lowest BCUT2D eigenvalue weighted by atomic mass is 10.1. The van der Waals surface area contributed by atoms with E-state index in [2.05, 4.69) is 15.2 Å². The van der Waals surface area contributed by atoms with Crippen molar-refractivity contribution < 1.29 is 9.59 Å². The summed E-state index contributed by atoms with van der Waals surface area (Å²) in [7, 11) is 3.99. The third-order valence-electron chi connectivity index (χ3n) is 3.69. The van der Waals surface area contributed by atoms with Gasteiger partial charge in [0.15, 0.2) is 0 Å². The number of hydrogen-bond acceptors (Lipinski definition) is 4. The van der Waals surface area contributed by atoms with Crippen molar-refractivity contribution in [2.24, 2.45) is 0 Å². The minimum atomic E-state index is -0.184. The summed E-state index contributed by atoms with van der Waals surface area (Å²) in [6.45, 7) is 2.95. The molecule has 0 unspecified atom stereocenters. The molecular formula is C18H24N4O2. The van der Waals surface area contributed by atoms with E-state index in [0.717, 1.165) is 23.9 Å². The van der Waals surface area contributed by atoms with Crippen LogP contribution in [0.5, 0.6) is 0 Å². The van der Waals surface area contributed by atoms with Gasteiger partial charge >= 0.3 is 0 Å². The average Bonchev–Trinajstić information content (AvgIpc) is 2.56. The highest BCUT2D eigenvalue weighted by Crippen LogP contribution is 2.24. The Kier molecular flexibility index (Phi) is 6.26. The Morgan fingerprint density at radius 2 is 1.92 bits per heavy atom. The molecule has 6 nitrogen and oxygen atoms in total. The lowest BCUT2D eigenvalue weighted by Crippen LogP contribution is -2.40. The smallest absolute Gasteiger partial charge is 0.240 e. The van der Waals surface area contributed by atoms with E-state index >= 15 is 0 Å². The summed E-state index contributed by atoms with van der Waals surface area (Å²) in [5, 5.41) is 3.80. The SMILES string of the molecule is CC(=O)N(CC(=O)NCCCN(C)C)c1cccc2cccnc12. The van der Waals surface area contributed by atoms with Crippen LogP contribution in [0, 0.1) is 0 Å². The molecule has 0 fully saturated rings. The molecule has 0 saturated heterocycles. The van der Waals surface area contributed by atoms with E-state index in [0.29, 0.717) is 12.2 Å². The van der Waals surface area contributed by atoms with Crippen LogP contribution in [0.2, 0.25) is 0 Å². The number of hydrogen-bond donors (Lipinski definition) is 1. The zero-order chi connectivity index (χ0) is 17.5. The molecule has 2 rings (SSSR count). The topological polar surface area (TPSA) is 65.5 Å². The highest BCUT2D eigenvalue weighted by molar-refractivity contribution is 6.04. The molecule has 1 aromatic carbocycles. The second-order valence-electron chi connectivity index (χ2n) is 5.96. The Bertz CT molecular complexity index is 710. The van der Waals surface area contributed by atoms with Gasteiger partial charge in [0.25, 0.3) is 0 Å². The molecule has 0 aliphatic rings. The van der Waals surface area contributed by atoms with Crippen LogP contribution in [0.15, 0.2) is 36.5 Å². The van der Waals surface area contributed by atoms with E-state index in [1.807, 2.05) is 44.4 Å². The standard InChI is InChI=1S/C18H24N4O2/c1-14(23)22(13-17(24)19-11-6-12-21(2)3)16-9-4-7-15-8-5-10-20-18(15)16/h4-5,7-10H,6,11-13H2,1-3H3,(H,19,24). The third kappa shape index (κ3) is 4.76. The zero-order valence-corrected chi connectivity index (χ0v) is 14.5. The van der Waals surface area contributed by atoms with E-state index in [4.69, 9.17) is 0 Å². The van der Waals surface area contributed by atoms with Crippen LogP contribution in [0.3, 0.4) is 0 Å². The molecule has 0 bridgehead atoms. The maximum Gasteiger partial charge on any atom is 0.240 e. The van der Waals surface area contributed by atoms with Gasteiger partial charge in [-0.05, 0) is 39.2 Å². The maximum atomic E-state index is 12.2. The average molecular weight is 328 g/mol. The second-order valence-corrected chi connectivity index (χ2v) is 5.96. The van der Waals surface area contributed by atoms with Gasteiger partial charge in [0, 0.05) is 25.1 Å². The predicted octanol–water partition coefficient (Wildman–Crippen LogP) is 1.66. The number of carbonyl (C=O) groups excluding carboxylic acids is 2. The molecule has 2 amide bonds. The minimum Gasteiger partial charge on any atom is -0.355 e. The van der Waals surface area contributed by atoms with Crippen LogP contribution < -0.4 is 10.2 Å². The van der Waals surface area contributed by atoms with Gasteiger partial charge in [-0.2, -0.15) is 0 Å². The molecular weight excluding hydrogens is 304 g/mol. The van der Waals surface area contributed by atoms with Gasteiger partial charge in [-0.25, -0.2) is 0 Å². The van der Waals surface area contributed by atoms with Crippen LogP contribution in [0.4, 0.5) is 5.69 Å². The summed E-state index contributed by atoms with van der Waals surface area (Å²) in [6, 6.07) is 9.40. The first-order valence-electron chi connectivity index (χ1n) is 8.02. The summed E-state index contributed by atoms with van der Waals surface area (Å²) in [5.41, 5.74) is 1.37. The zero-order valence-electron chi connectivity index (χ0n) is 14.5. The largest absolute Gasteiger partial charge is 0.355 e. The van der Waals surface area contributed by atoms with Gasteiger partial charge in [-0.1, -0.05) is 18.2 Å². The number of fused-ring (bicyclic) bond motifs is 1. The molecule has 0 saturated carbocycles. The lowest BCUT2D eigenvalue weighted by molar-refractivity contribution is -0.123. The maximum absolute atomic E-state index is 12.2. The van der Waals surface area contributed by atoms with E-state index in [-0.39, 0.29) is 18.4 Å². The van der Waals surface area contributed by atoms with Crippen LogP contribution >= 0.6 is 0 Å². The van der Waals surface area contributed by atoms with Gasteiger partial charge in [0.1, 0.15) is 6.54 Å². The summed E-state index contributed by atoms with van der Waals surface area (Å²) in [6.07, 6.45) is 2.56. The number of carbonyl (C=O) groups is 2. The number of rotatable bonds is 7. The molecule has 0 aliphatic carbocycles. The summed E-state index contributed by atoms with van der Waals surface area (Å²) >= 11 is 0. The molecule has 0 aliphatic heterocycles. The third-order valence-corrected chi connectivity index (χ3v) is 3.69. The Balaban J connectivity index is 2.09. The summed E-state index contributed by atoms with van der Waals surface area (Å²) < 4.78 is 0. The number of pyridine rings is 1. The molecule has 0 atom stereocenters. The number of nitrogens with one attached hydrogen (secondary N) is 1. The highest BCUT2D eigenvalue weighted by atomic mass is 16.2. The van der Waals surface area contributed by atoms with Crippen molar-refractivity contribution in [3.05, 3.63) is 36.5 Å². The fourth-order valence-corrected chi connectivity index (χ4v) is 2.49. The number of amides is 2. The molecule has 1 N–H and O–H groups in total. The van der Waals surface area contributed by atoms with E-state index in [1.54, 1.807) is 6.20 Å². The Hall–Kier alpha value is -2.47. The van der Waals surface area contributed by atoms with Crippen LogP contribution in [0.25, 0.3) is 10.9 Å². The number of benzene rings is 1. The molecule has 1 heterocycles. The monoisotopic (exact) mass is 328 g/mol. The Labute approximate surface area is 142 Å². The fraction of sp³-hybridized carbons (Fsp3) is 0.389. The van der Waals surface area contributed by atoms with Crippen LogP contribution in [-0.2, 0) is 9.59 Å². The van der Waals surface area contributed by atoms with E-state index in [9.17, 15) is 9.59 Å². The predicted molar refractivity (Wildman–Crippen MR) is 96.0 cm³/mol. The number of nitrogens with zero attached hydrogens (tertiary/aromatic N) is 3. The van der Waals surface area contributed by atoms with Gasteiger partial charge in [0.2, 0.25) is 11.8 Å². The molecule has 0 spiro atoms. The fourth-order valence-electron chi connectivity index (χ4n) is 2.49. The van der Waals surface area contributed by atoms with Crippen molar-refractivity contribution in [2.75, 3.05) is 38.6 Å². The van der Waals surface area contributed by atoms with Gasteiger partial charge in [-0.15, -0.1) is 0 Å². The summed E-state index contributed by atoms with van der Waals surface area (Å²) in [5.74, 6) is -0.353. The van der Waals surface area contributed by atoms with E-state index < -0.39 is 0 Å². The van der Waals surface area contributed by atoms with Crippen molar-refractivity contribution in [3.63, 3.8) is 0 Å². The highest BCUT2D eigenvalue weighted by Gasteiger charge is 2.18. The van der Waals surface area contributed by atoms with Gasteiger partial charge in [-0.3, -0.25) is 14.6 Å². The first-order chi connectivity index (χ1) is 11.5. The van der Waals surface area contributed by atoms with Gasteiger partial charge < -0.3 is 15.1 Å². The number of aromatic nitrogens is 1. The normalized spacial score (nSPS) is 10.8. The lowest BCUT2D eigenvalue weighted by Gasteiger charge is -2.22. The van der Waals surface area contributed by atoms with Crippen molar-refractivity contribution in [1.29, 1.82) is 0 Å². The second kappa shape index (κ2) is 8.40. The molecule has 24 heavy (non-hydrogen) atoms. The molecule has 6 heteroatoms. The van der Waals surface area contributed by atoms with Crippen molar-refractivity contribution in [1.82, 2.24) is 15.2 Å².